The minimum absolute atomic E-state index is 0.0567. The third-order valence-electron chi connectivity index (χ3n) is 3.49. The SMILES string of the molecule is CCC1COCCN1C(=O)Nc1cccc(CC(=O)O)c1. The van der Waals surface area contributed by atoms with Crippen LogP contribution in [-0.4, -0.2) is 47.8 Å². The van der Waals surface area contributed by atoms with E-state index in [2.05, 4.69) is 5.32 Å². The highest BCUT2D eigenvalue weighted by Gasteiger charge is 2.25. The molecule has 0 spiro atoms. The van der Waals surface area contributed by atoms with E-state index in [9.17, 15) is 9.59 Å². The van der Waals surface area contributed by atoms with Crippen molar-refractivity contribution in [1.29, 1.82) is 0 Å². The number of hydrogen-bond acceptors (Lipinski definition) is 3. The van der Waals surface area contributed by atoms with Crippen LogP contribution in [-0.2, 0) is 16.0 Å². The van der Waals surface area contributed by atoms with Gasteiger partial charge in [-0.15, -0.1) is 0 Å². The number of carbonyl (C=O) groups excluding carboxylic acids is 1. The molecule has 1 fully saturated rings. The Hall–Kier alpha value is -2.08. The van der Waals surface area contributed by atoms with E-state index in [0.717, 1.165) is 6.42 Å². The van der Waals surface area contributed by atoms with Gasteiger partial charge in [0.1, 0.15) is 0 Å². The Kier molecular flexibility index (Phi) is 5.16. The summed E-state index contributed by atoms with van der Waals surface area (Å²) in [4.78, 5) is 24.8. The first-order chi connectivity index (χ1) is 10.1. The fourth-order valence-corrected chi connectivity index (χ4v) is 2.39. The predicted octanol–water partition coefficient (Wildman–Crippen LogP) is 1.96. The molecule has 0 radical (unpaired) electrons. The topological polar surface area (TPSA) is 78.9 Å². The van der Waals surface area contributed by atoms with E-state index in [-0.39, 0.29) is 18.5 Å². The number of carboxylic acid groups (broad SMARTS) is 1. The number of anilines is 1. The monoisotopic (exact) mass is 292 g/mol. The third-order valence-corrected chi connectivity index (χ3v) is 3.49. The molecule has 6 heteroatoms. The number of urea groups is 1. The van der Waals surface area contributed by atoms with Crippen LogP contribution in [0.5, 0.6) is 0 Å². The quantitative estimate of drug-likeness (QED) is 0.889. The molecule has 114 valence electrons. The lowest BCUT2D eigenvalue weighted by molar-refractivity contribution is -0.136. The van der Waals surface area contributed by atoms with Crippen LogP contribution in [0, 0.1) is 0 Å². The Balaban J connectivity index is 2.03. The van der Waals surface area contributed by atoms with E-state index < -0.39 is 5.97 Å². The Bertz CT molecular complexity index is 518. The van der Waals surface area contributed by atoms with E-state index in [1.807, 2.05) is 6.92 Å². The molecule has 1 atom stereocenters. The highest BCUT2D eigenvalue weighted by Crippen LogP contribution is 2.15. The number of amides is 2. The number of carbonyl (C=O) groups is 2. The second-order valence-electron chi connectivity index (χ2n) is 5.03. The summed E-state index contributed by atoms with van der Waals surface area (Å²) in [6.45, 7) is 3.69. The van der Waals surface area contributed by atoms with Crippen LogP contribution in [0.15, 0.2) is 24.3 Å². The number of carboxylic acids is 1. The van der Waals surface area contributed by atoms with E-state index in [0.29, 0.717) is 31.0 Å². The summed E-state index contributed by atoms with van der Waals surface area (Å²) in [5.74, 6) is -0.891. The molecule has 0 bridgehead atoms. The standard InChI is InChI=1S/C15H20N2O4/c1-2-13-10-21-7-6-17(13)15(20)16-12-5-3-4-11(8-12)9-14(18)19/h3-5,8,13H,2,6-7,9-10H2,1H3,(H,16,20)(H,18,19). The van der Waals surface area contributed by atoms with Crippen molar-refractivity contribution in [3.05, 3.63) is 29.8 Å². The van der Waals surface area contributed by atoms with Crippen LogP contribution >= 0.6 is 0 Å². The highest BCUT2D eigenvalue weighted by molar-refractivity contribution is 5.89. The first kappa shape index (κ1) is 15.3. The summed E-state index contributed by atoms with van der Waals surface area (Å²) in [5, 5.41) is 11.6. The summed E-state index contributed by atoms with van der Waals surface area (Å²) in [6, 6.07) is 6.83. The van der Waals surface area contributed by atoms with Crippen molar-refractivity contribution in [2.24, 2.45) is 0 Å². The van der Waals surface area contributed by atoms with Crippen molar-refractivity contribution in [1.82, 2.24) is 4.90 Å². The molecule has 1 unspecified atom stereocenters. The molecule has 1 aromatic rings. The molecular weight excluding hydrogens is 272 g/mol. The summed E-state index contributed by atoms with van der Waals surface area (Å²) >= 11 is 0. The maximum absolute atomic E-state index is 12.3. The molecule has 6 nitrogen and oxygen atoms in total. The summed E-state index contributed by atoms with van der Waals surface area (Å²) in [7, 11) is 0. The number of ether oxygens (including phenoxy) is 1. The molecule has 1 aromatic carbocycles. The zero-order chi connectivity index (χ0) is 15.2. The number of morpholine rings is 1. The van der Waals surface area contributed by atoms with Crippen molar-refractivity contribution in [2.75, 3.05) is 25.1 Å². The molecular formula is C15H20N2O4. The van der Waals surface area contributed by atoms with Crippen LogP contribution in [0.4, 0.5) is 10.5 Å². The summed E-state index contributed by atoms with van der Waals surface area (Å²) < 4.78 is 5.38. The van der Waals surface area contributed by atoms with Gasteiger partial charge in [0.05, 0.1) is 25.7 Å². The molecule has 2 amide bonds. The summed E-state index contributed by atoms with van der Waals surface area (Å²) in [6.07, 6.45) is 0.783. The van der Waals surface area contributed by atoms with Crippen molar-refractivity contribution >= 4 is 17.7 Å². The molecule has 0 saturated carbocycles. The predicted molar refractivity (Wildman–Crippen MR) is 78.4 cm³/mol. The molecule has 0 aromatic heterocycles. The number of nitrogens with zero attached hydrogens (tertiary/aromatic N) is 1. The Morgan fingerprint density at radius 3 is 3.00 bits per heavy atom. The van der Waals surface area contributed by atoms with Gasteiger partial charge in [-0.3, -0.25) is 4.79 Å². The van der Waals surface area contributed by atoms with Crippen LogP contribution in [0.1, 0.15) is 18.9 Å². The highest BCUT2D eigenvalue weighted by atomic mass is 16.5. The molecule has 1 saturated heterocycles. The average molecular weight is 292 g/mol. The molecule has 1 heterocycles. The largest absolute Gasteiger partial charge is 0.481 e. The van der Waals surface area contributed by atoms with Crippen LogP contribution < -0.4 is 5.32 Å². The summed E-state index contributed by atoms with van der Waals surface area (Å²) in [5.41, 5.74) is 1.27. The van der Waals surface area contributed by atoms with E-state index in [4.69, 9.17) is 9.84 Å². The molecule has 1 aliphatic rings. The molecule has 0 aliphatic carbocycles. The third kappa shape index (κ3) is 4.19. The number of nitrogens with one attached hydrogen (secondary N) is 1. The van der Waals surface area contributed by atoms with Crippen LogP contribution in [0.3, 0.4) is 0 Å². The van der Waals surface area contributed by atoms with Gasteiger partial charge in [-0.2, -0.15) is 0 Å². The minimum Gasteiger partial charge on any atom is -0.481 e. The Morgan fingerprint density at radius 1 is 1.48 bits per heavy atom. The van der Waals surface area contributed by atoms with E-state index in [1.165, 1.54) is 0 Å². The second kappa shape index (κ2) is 7.08. The lowest BCUT2D eigenvalue weighted by Gasteiger charge is -2.35. The maximum atomic E-state index is 12.3. The van der Waals surface area contributed by atoms with E-state index >= 15 is 0 Å². The number of rotatable bonds is 4. The normalized spacial score (nSPS) is 18.3. The zero-order valence-electron chi connectivity index (χ0n) is 12.0. The van der Waals surface area contributed by atoms with Gasteiger partial charge in [0.25, 0.3) is 0 Å². The fourth-order valence-electron chi connectivity index (χ4n) is 2.39. The first-order valence-electron chi connectivity index (χ1n) is 7.06. The Labute approximate surface area is 123 Å². The van der Waals surface area contributed by atoms with Crippen LogP contribution in [0.2, 0.25) is 0 Å². The average Bonchev–Trinajstić information content (AvgIpc) is 2.46. The van der Waals surface area contributed by atoms with Gasteiger partial charge in [0.15, 0.2) is 0 Å². The van der Waals surface area contributed by atoms with Gasteiger partial charge in [-0.05, 0) is 24.1 Å². The van der Waals surface area contributed by atoms with Gasteiger partial charge in [0.2, 0.25) is 0 Å². The van der Waals surface area contributed by atoms with Gasteiger partial charge in [0, 0.05) is 12.2 Å². The van der Waals surface area contributed by atoms with Gasteiger partial charge >= 0.3 is 12.0 Å². The zero-order valence-corrected chi connectivity index (χ0v) is 12.0. The van der Waals surface area contributed by atoms with Gasteiger partial charge in [-0.1, -0.05) is 19.1 Å². The maximum Gasteiger partial charge on any atom is 0.322 e. The molecule has 21 heavy (non-hydrogen) atoms. The van der Waals surface area contributed by atoms with Gasteiger partial charge in [-0.25, -0.2) is 4.79 Å². The lowest BCUT2D eigenvalue weighted by atomic mass is 10.1. The lowest BCUT2D eigenvalue weighted by Crippen LogP contribution is -2.50. The Morgan fingerprint density at radius 2 is 2.29 bits per heavy atom. The molecule has 2 rings (SSSR count). The first-order valence-corrected chi connectivity index (χ1v) is 7.06. The number of aliphatic carboxylic acids is 1. The smallest absolute Gasteiger partial charge is 0.322 e. The van der Waals surface area contributed by atoms with Crippen molar-refractivity contribution < 1.29 is 19.4 Å². The molecule has 1 aliphatic heterocycles. The van der Waals surface area contributed by atoms with Crippen molar-refractivity contribution in [3.8, 4) is 0 Å². The number of hydrogen-bond donors (Lipinski definition) is 2. The van der Waals surface area contributed by atoms with E-state index in [1.54, 1.807) is 29.2 Å². The minimum atomic E-state index is -0.891. The second-order valence-corrected chi connectivity index (χ2v) is 5.03. The number of benzene rings is 1. The van der Waals surface area contributed by atoms with Crippen LogP contribution in [0.25, 0.3) is 0 Å². The molecule has 2 N–H and O–H groups in total. The fraction of sp³-hybridized carbons (Fsp3) is 0.467. The van der Waals surface area contributed by atoms with Gasteiger partial charge < -0.3 is 20.1 Å². The van der Waals surface area contributed by atoms with Crippen molar-refractivity contribution in [2.45, 2.75) is 25.8 Å². The van der Waals surface area contributed by atoms with Crippen molar-refractivity contribution in [3.63, 3.8) is 0 Å².